The van der Waals surface area contributed by atoms with Gasteiger partial charge in [-0.3, -0.25) is 0 Å². The molecule has 3 rings (SSSR count). The Kier molecular flexibility index (Phi) is 11.1. The van der Waals surface area contributed by atoms with Crippen LogP contribution in [0.2, 0.25) is 0 Å². The van der Waals surface area contributed by atoms with E-state index in [1.54, 1.807) is 0 Å². The lowest BCUT2D eigenvalue weighted by Gasteiger charge is -2.24. The molecular formula is C32H35FO4P2. The average molecular weight is 565 g/mol. The van der Waals surface area contributed by atoms with E-state index in [4.69, 9.17) is 20.0 Å². The van der Waals surface area contributed by atoms with Crippen LogP contribution in [0.4, 0.5) is 4.39 Å². The van der Waals surface area contributed by atoms with E-state index in [0.29, 0.717) is 28.7 Å². The fourth-order valence-corrected chi connectivity index (χ4v) is 6.35. The third kappa shape index (κ3) is 8.17. The molecule has 0 fully saturated rings. The second-order valence-corrected chi connectivity index (χ2v) is 11.8. The molecule has 4 nitrogen and oxygen atoms in total. The minimum absolute atomic E-state index is 0.371. The summed E-state index contributed by atoms with van der Waals surface area (Å²) < 4.78 is 32.4. The Labute approximate surface area is 234 Å². The SMILES string of the molecule is C#C/C(=C/CC)OP(C/C=C\C)Oc1c(C)cc(C)cc1-c1cc(C)cc(C)c1OP(O)c1ccc(F)cc1. The van der Waals surface area contributed by atoms with Crippen molar-refractivity contribution in [3.8, 4) is 35.0 Å². The van der Waals surface area contributed by atoms with Gasteiger partial charge in [-0.2, -0.15) is 0 Å². The second kappa shape index (κ2) is 14.3. The van der Waals surface area contributed by atoms with Crippen molar-refractivity contribution in [3.63, 3.8) is 0 Å². The Balaban J connectivity index is 2.12. The molecule has 2 unspecified atom stereocenters. The molecule has 0 aromatic heterocycles. The molecule has 204 valence electrons. The van der Waals surface area contributed by atoms with Crippen molar-refractivity contribution >= 4 is 22.1 Å². The van der Waals surface area contributed by atoms with Gasteiger partial charge in [-0.15, -0.1) is 6.42 Å². The molecule has 1 N–H and O–H groups in total. The van der Waals surface area contributed by atoms with Gasteiger partial charge in [0, 0.05) is 16.4 Å². The highest BCUT2D eigenvalue weighted by Gasteiger charge is 2.24. The number of terminal acetylenes is 1. The number of benzene rings is 3. The molecule has 3 aromatic rings. The van der Waals surface area contributed by atoms with Gasteiger partial charge in [0.05, 0.1) is 6.16 Å². The summed E-state index contributed by atoms with van der Waals surface area (Å²) in [5.74, 6) is 3.91. The van der Waals surface area contributed by atoms with E-state index in [9.17, 15) is 9.28 Å². The van der Waals surface area contributed by atoms with Gasteiger partial charge in [-0.1, -0.05) is 31.2 Å². The zero-order valence-electron chi connectivity index (χ0n) is 23.3. The lowest BCUT2D eigenvalue weighted by atomic mass is 9.95. The minimum atomic E-state index is -2.03. The van der Waals surface area contributed by atoms with Gasteiger partial charge in [-0.25, -0.2) is 4.39 Å². The van der Waals surface area contributed by atoms with E-state index in [1.165, 1.54) is 24.3 Å². The van der Waals surface area contributed by atoms with Crippen LogP contribution in [0.25, 0.3) is 11.1 Å². The molecule has 0 bridgehead atoms. The molecule has 0 spiro atoms. The standard InChI is InChI=1S/C32H35FO4P2/c1-8-11-17-38(35-27(10-3)12-9-2)36-31-24(6)18-22(4)20-29(31)30-21-23(5)19-25(7)32(30)37-39(34)28-15-13-26(33)14-16-28/h3,8,11-16,18-21,34H,9,17H2,1-2,4-7H3/b11-8-,27-12-. The molecule has 0 aliphatic rings. The zero-order chi connectivity index (χ0) is 28.5. The molecule has 0 aliphatic heterocycles. The summed E-state index contributed by atoms with van der Waals surface area (Å²) in [5.41, 5.74) is 5.52. The van der Waals surface area contributed by atoms with Crippen LogP contribution in [0, 0.1) is 45.9 Å². The van der Waals surface area contributed by atoms with Crippen LogP contribution in [0.1, 0.15) is 42.5 Å². The lowest BCUT2D eigenvalue weighted by molar-refractivity contribution is 0.422. The molecule has 0 saturated carbocycles. The summed E-state index contributed by atoms with van der Waals surface area (Å²) in [6.07, 6.45) is 12.8. The topological polar surface area (TPSA) is 47.9 Å². The molecule has 39 heavy (non-hydrogen) atoms. The largest absolute Gasteiger partial charge is 0.443 e. The van der Waals surface area contributed by atoms with E-state index in [2.05, 4.69) is 12.0 Å². The van der Waals surface area contributed by atoms with Crippen molar-refractivity contribution in [3.05, 3.63) is 101 Å². The first-order valence-electron chi connectivity index (χ1n) is 12.7. The Morgan fingerprint density at radius 3 is 2.03 bits per heavy atom. The molecule has 2 atom stereocenters. The third-order valence-electron chi connectivity index (χ3n) is 5.77. The van der Waals surface area contributed by atoms with E-state index >= 15 is 0 Å². The third-order valence-corrected chi connectivity index (χ3v) is 8.16. The van der Waals surface area contributed by atoms with Crippen molar-refractivity contribution in [1.29, 1.82) is 0 Å². The number of aryl methyl sites for hydroxylation is 4. The van der Waals surface area contributed by atoms with E-state index in [-0.39, 0.29) is 5.82 Å². The van der Waals surface area contributed by atoms with Crippen molar-refractivity contribution in [2.45, 2.75) is 48.0 Å². The summed E-state index contributed by atoms with van der Waals surface area (Å²) in [6.45, 7) is 11.9. The first-order chi connectivity index (χ1) is 18.7. The Morgan fingerprint density at radius 2 is 1.51 bits per heavy atom. The maximum atomic E-state index is 13.5. The first-order valence-corrected chi connectivity index (χ1v) is 15.3. The number of rotatable bonds is 11. The molecule has 0 aliphatic carbocycles. The predicted molar refractivity (Wildman–Crippen MR) is 162 cm³/mol. The van der Waals surface area contributed by atoms with Crippen LogP contribution < -0.4 is 14.4 Å². The number of allylic oxidation sites excluding steroid dienone is 4. The fourth-order valence-electron chi connectivity index (χ4n) is 4.06. The van der Waals surface area contributed by atoms with Crippen molar-refractivity contribution in [2.75, 3.05) is 6.16 Å². The van der Waals surface area contributed by atoms with Crippen LogP contribution in [0.3, 0.4) is 0 Å². The maximum Gasteiger partial charge on any atom is 0.295 e. The smallest absolute Gasteiger partial charge is 0.295 e. The summed E-state index contributed by atoms with van der Waals surface area (Å²) in [5, 5.41) is 0.516. The average Bonchev–Trinajstić information content (AvgIpc) is 2.89. The normalized spacial score (nSPS) is 13.2. The molecule has 0 amide bonds. The van der Waals surface area contributed by atoms with E-state index in [0.717, 1.165) is 39.8 Å². The van der Waals surface area contributed by atoms with Crippen molar-refractivity contribution in [1.82, 2.24) is 0 Å². The van der Waals surface area contributed by atoms with Crippen LogP contribution in [0.15, 0.2) is 72.5 Å². The summed E-state index contributed by atoms with van der Waals surface area (Å²) in [6, 6.07) is 13.8. The molecule has 7 heteroatoms. The van der Waals surface area contributed by atoms with Gasteiger partial charge in [0.1, 0.15) is 17.3 Å². The predicted octanol–water partition coefficient (Wildman–Crippen LogP) is 8.95. The highest BCUT2D eigenvalue weighted by atomic mass is 31.2. The molecule has 0 radical (unpaired) electrons. The number of halogens is 1. The van der Waals surface area contributed by atoms with Crippen LogP contribution in [0.5, 0.6) is 11.5 Å². The summed E-state index contributed by atoms with van der Waals surface area (Å²) in [4.78, 5) is 11.0. The van der Waals surface area contributed by atoms with Gasteiger partial charge in [0.2, 0.25) is 0 Å². The first kappa shape index (κ1) is 30.4. The second-order valence-electron chi connectivity index (χ2n) is 9.15. The number of hydrogen-bond acceptors (Lipinski definition) is 4. The van der Waals surface area contributed by atoms with Crippen LogP contribution in [-0.4, -0.2) is 11.1 Å². The van der Waals surface area contributed by atoms with Crippen LogP contribution >= 0.6 is 16.8 Å². The lowest BCUT2D eigenvalue weighted by Crippen LogP contribution is -2.06. The Hall–Kier alpha value is -3.15. The van der Waals surface area contributed by atoms with Crippen LogP contribution in [-0.2, 0) is 4.52 Å². The monoisotopic (exact) mass is 564 g/mol. The molecule has 0 heterocycles. The molecule has 3 aromatic carbocycles. The minimum Gasteiger partial charge on any atom is -0.443 e. The van der Waals surface area contributed by atoms with Gasteiger partial charge in [0.15, 0.2) is 5.76 Å². The molecule has 0 saturated heterocycles. The van der Waals surface area contributed by atoms with Gasteiger partial charge in [-0.05, 0) is 112 Å². The zero-order valence-corrected chi connectivity index (χ0v) is 25.1. The highest BCUT2D eigenvalue weighted by Crippen LogP contribution is 2.50. The van der Waals surface area contributed by atoms with Crippen molar-refractivity contribution < 1.29 is 22.9 Å². The Morgan fingerprint density at radius 1 is 0.949 bits per heavy atom. The van der Waals surface area contributed by atoms with Gasteiger partial charge in [0.25, 0.3) is 16.8 Å². The fraction of sp³-hybridized carbons (Fsp3) is 0.250. The Bertz CT molecular complexity index is 1390. The number of hydrogen-bond donors (Lipinski definition) is 1. The maximum absolute atomic E-state index is 13.5. The van der Waals surface area contributed by atoms with E-state index in [1.807, 2.05) is 78.0 Å². The highest BCUT2D eigenvalue weighted by molar-refractivity contribution is 7.55. The quantitative estimate of drug-likeness (QED) is 0.109. The molecular weight excluding hydrogens is 529 g/mol. The summed E-state index contributed by atoms with van der Waals surface area (Å²) in [7, 11) is -3.46. The summed E-state index contributed by atoms with van der Waals surface area (Å²) >= 11 is 0. The van der Waals surface area contributed by atoms with Gasteiger partial charge < -0.3 is 18.5 Å². The van der Waals surface area contributed by atoms with Crippen molar-refractivity contribution in [2.24, 2.45) is 0 Å². The van der Waals surface area contributed by atoms with Gasteiger partial charge >= 0.3 is 0 Å². The van der Waals surface area contributed by atoms with E-state index < -0.39 is 16.8 Å².